The fourth-order valence-electron chi connectivity index (χ4n) is 4.67. The SMILES string of the molecule is COc1cccc(-c2c(CCCN(C)C)c(-c3ccc(Oc4ccccc4)cc3)c3c(N)ncnn23)c1. The highest BCUT2D eigenvalue weighted by Crippen LogP contribution is 2.41. The normalized spacial score (nSPS) is 11.2. The zero-order valence-electron chi connectivity index (χ0n) is 21.4. The van der Waals surface area contributed by atoms with Gasteiger partial charge in [0, 0.05) is 11.1 Å². The van der Waals surface area contributed by atoms with E-state index < -0.39 is 0 Å². The van der Waals surface area contributed by atoms with Crippen molar-refractivity contribution in [3.05, 3.63) is 90.8 Å². The Labute approximate surface area is 217 Å². The topological polar surface area (TPSA) is 77.9 Å². The van der Waals surface area contributed by atoms with E-state index in [9.17, 15) is 0 Å². The van der Waals surface area contributed by atoms with Crippen molar-refractivity contribution in [1.82, 2.24) is 19.5 Å². The number of benzene rings is 3. The molecule has 0 saturated carbocycles. The van der Waals surface area contributed by atoms with E-state index >= 15 is 0 Å². The van der Waals surface area contributed by atoms with Gasteiger partial charge in [-0.05, 0) is 81.0 Å². The lowest BCUT2D eigenvalue weighted by Gasteiger charge is -2.13. The Kier molecular flexibility index (Phi) is 7.05. The molecule has 5 aromatic rings. The number of nitrogens with zero attached hydrogens (tertiary/aromatic N) is 4. The quantitative estimate of drug-likeness (QED) is 0.274. The molecular formula is C30H31N5O2. The van der Waals surface area contributed by atoms with Crippen LogP contribution >= 0.6 is 0 Å². The van der Waals surface area contributed by atoms with Crippen molar-refractivity contribution < 1.29 is 9.47 Å². The van der Waals surface area contributed by atoms with Crippen molar-refractivity contribution in [1.29, 1.82) is 0 Å². The predicted molar refractivity (Wildman–Crippen MR) is 148 cm³/mol. The van der Waals surface area contributed by atoms with Gasteiger partial charge < -0.3 is 20.1 Å². The highest BCUT2D eigenvalue weighted by molar-refractivity contribution is 5.95. The minimum absolute atomic E-state index is 0.442. The largest absolute Gasteiger partial charge is 0.497 e. The molecule has 0 aliphatic heterocycles. The van der Waals surface area contributed by atoms with Crippen LogP contribution in [0.5, 0.6) is 17.2 Å². The molecular weight excluding hydrogens is 462 g/mol. The van der Waals surface area contributed by atoms with Crippen molar-refractivity contribution in [3.63, 3.8) is 0 Å². The maximum atomic E-state index is 6.49. The number of ether oxygens (including phenoxy) is 2. The molecule has 3 aromatic carbocycles. The van der Waals surface area contributed by atoms with Gasteiger partial charge in [-0.15, -0.1) is 0 Å². The van der Waals surface area contributed by atoms with Gasteiger partial charge in [0.05, 0.1) is 12.8 Å². The molecule has 0 amide bonds. The van der Waals surface area contributed by atoms with Crippen LogP contribution in [0.15, 0.2) is 85.2 Å². The monoisotopic (exact) mass is 493 g/mol. The standard InChI is InChI=1S/C30H31N5O2/c1-34(2)18-8-13-26-27(21-14-16-24(17-15-21)37-23-10-5-4-6-11-23)29-30(31)32-20-33-35(29)28(26)22-9-7-12-25(19-22)36-3/h4-7,9-12,14-17,19-20H,8,13,18H2,1-3H3,(H2,31,32,33). The lowest BCUT2D eigenvalue weighted by atomic mass is 9.95. The molecule has 7 nitrogen and oxygen atoms in total. The summed E-state index contributed by atoms with van der Waals surface area (Å²) in [6, 6.07) is 26.0. The van der Waals surface area contributed by atoms with E-state index in [4.69, 9.17) is 15.2 Å². The summed E-state index contributed by atoms with van der Waals surface area (Å²) in [6.07, 6.45) is 3.34. The summed E-state index contributed by atoms with van der Waals surface area (Å²) in [6.45, 7) is 0.966. The molecule has 0 aliphatic rings. The zero-order chi connectivity index (χ0) is 25.8. The van der Waals surface area contributed by atoms with E-state index in [0.29, 0.717) is 5.82 Å². The van der Waals surface area contributed by atoms with Crippen molar-refractivity contribution in [2.24, 2.45) is 0 Å². The Morgan fingerprint density at radius 2 is 1.59 bits per heavy atom. The zero-order valence-corrected chi connectivity index (χ0v) is 21.4. The lowest BCUT2D eigenvalue weighted by Crippen LogP contribution is -2.13. The number of hydrogen-bond donors (Lipinski definition) is 1. The maximum Gasteiger partial charge on any atom is 0.152 e. The Morgan fingerprint density at radius 3 is 2.32 bits per heavy atom. The maximum absolute atomic E-state index is 6.49. The van der Waals surface area contributed by atoms with E-state index in [1.165, 1.54) is 11.9 Å². The van der Waals surface area contributed by atoms with E-state index in [1.54, 1.807) is 7.11 Å². The molecule has 0 unspecified atom stereocenters. The molecule has 0 aliphatic carbocycles. The van der Waals surface area contributed by atoms with Crippen LogP contribution in [0.1, 0.15) is 12.0 Å². The van der Waals surface area contributed by atoms with Crippen molar-refractivity contribution in [2.75, 3.05) is 33.5 Å². The van der Waals surface area contributed by atoms with Crippen molar-refractivity contribution in [3.8, 4) is 39.6 Å². The summed E-state index contributed by atoms with van der Waals surface area (Å²) in [5.41, 5.74) is 12.6. The van der Waals surface area contributed by atoms with Gasteiger partial charge in [-0.1, -0.05) is 42.5 Å². The van der Waals surface area contributed by atoms with E-state index in [-0.39, 0.29) is 0 Å². The van der Waals surface area contributed by atoms with Gasteiger partial charge in [-0.2, -0.15) is 5.10 Å². The second kappa shape index (κ2) is 10.7. The van der Waals surface area contributed by atoms with Gasteiger partial charge in [-0.25, -0.2) is 9.50 Å². The van der Waals surface area contributed by atoms with Crippen LogP contribution in [0.25, 0.3) is 27.9 Å². The molecule has 0 atom stereocenters. The van der Waals surface area contributed by atoms with Crippen LogP contribution in [-0.4, -0.2) is 47.2 Å². The number of methoxy groups -OCH3 is 1. The third-order valence-electron chi connectivity index (χ3n) is 6.35. The molecule has 5 rings (SSSR count). The van der Waals surface area contributed by atoms with Crippen LogP contribution in [0.4, 0.5) is 5.82 Å². The van der Waals surface area contributed by atoms with E-state index in [1.807, 2.05) is 65.2 Å². The van der Waals surface area contributed by atoms with Gasteiger partial charge in [0.15, 0.2) is 5.82 Å². The molecule has 0 bridgehead atoms. The van der Waals surface area contributed by atoms with Gasteiger partial charge in [0.1, 0.15) is 29.1 Å². The highest BCUT2D eigenvalue weighted by atomic mass is 16.5. The van der Waals surface area contributed by atoms with Gasteiger partial charge in [-0.3, -0.25) is 0 Å². The Morgan fingerprint density at radius 1 is 0.865 bits per heavy atom. The lowest BCUT2D eigenvalue weighted by molar-refractivity contribution is 0.400. The molecule has 0 radical (unpaired) electrons. The first-order chi connectivity index (χ1) is 18.0. The first-order valence-corrected chi connectivity index (χ1v) is 12.3. The number of rotatable bonds is 9. The van der Waals surface area contributed by atoms with Crippen LogP contribution in [0.3, 0.4) is 0 Å². The average molecular weight is 494 g/mol. The molecule has 2 aromatic heterocycles. The van der Waals surface area contributed by atoms with Crippen molar-refractivity contribution in [2.45, 2.75) is 12.8 Å². The highest BCUT2D eigenvalue weighted by Gasteiger charge is 2.24. The second-order valence-corrected chi connectivity index (χ2v) is 9.19. The fraction of sp³-hybridized carbons (Fsp3) is 0.200. The molecule has 37 heavy (non-hydrogen) atoms. The summed E-state index contributed by atoms with van der Waals surface area (Å²) in [4.78, 5) is 6.54. The number of nitrogen functional groups attached to an aromatic ring is 1. The minimum Gasteiger partial charge on any atom is -0.497 e. The third kappa shape index (κ3) is 5.13. The molecule has 0 fully saturated rings. The Balaban J connectivity index is 1.67. The van der Waals surface area contributed by atoms with Gasteiger partial charge in [0.2, 0.25) is 0 Å². The van der Waals surface area contributed by atoms with Crippen LogP contribution in [-0.2, 0) is 6.42 Å². The summed E-state index contributed by atoms with van der Waals surface area (Å²) in [5, 5.41) is 4.65. The predicted octanol–water partition coefficient (Wildman–Crippen LogP) is 5.94. The van der Waals surface area contributed by atoms with Gasteiger partial charge >= 0.3 is 0 Å². The molecule has 188 valence electrons. The van der Waals surface area contributed by atoms with Crippen LogP contribution in [0, 0.1) is 0 Å². The first-order valence-electron chi connectivity index (χ1n) is 12.3. The molecule has 2 heterocycles. The van der Waals surface area contributed by atoms with Crippen molar-refractivity contribution >= 4 is 11.3 Å². The van der Waals surface area contributed by atoms with E-state index in [0.717, 1.165) is 64.5 Å². The van der Waals surface area contributed by atoms with E-state index in [2.05, 4.69) is 47.3 Å². The minimum atomic E-state index is 0.442. The number of hydrogen-bond acceptors (Lipinski definition) is 6. The molecule has 0 spiro atoms. The number of aromatic nitrogens is 3. The van der Waals surface area contributed by atoms with Gasteiger partial charge in [0.25, 0.3) is 0 Å². The molecule has 7 heteroatoms. The number of fused-ring (bicyclic) bond motifs is 1. The molecule has 2 N–H and O–H groups in total. The number of para-hydroxylation sites is 1. The number of nitrogens with two attached hydrogens (primary N) is 1. The first kappa shape index (κ1) is 24.3. The third-order valence-corrected chi connectivity index (χ3v) is 6.35. The summed E-state index contributed by atoms with van der Waals surface area (Å²) < 4.78 is 13.5. The Bertz CT molecular complexity index is 1490. The summed E-state index contributed by atoms with van der Waals surface area (Å²) in [5.74, 6) is 2.80. The summed E-state index contributed by atoms with van der Waals surface area (Å²) >= 11 is 0. The average Bonchev–Trinajstić information content (AvgIpc) is 3.25. The number of anilines is 1. The fourth-order valence-corrected chi connectivity index (χ4v) is 4.67. The van der Waals surface area contributed by atoms with Crippen LogP contribution in [0.2, 0.25) is 0 Å². The second-order valence-electron chi connectivity index (χ2n) is 9.19. The van der Waals surface area contributed by atoms with Crippen LogP contribution < -0.4 is 15.2 Å². The molecule has 0 saturated heterocycles. The summed E-state index contributed by atoms with van der Waals surface area (Å²) in [7, 11) is 5.86. The smallest absolute Gasteiger partial charge is 0.152 e. The Hall–Kier alpha value is -4.36.